The van der Waals surface area contributed by atoms with Crippen molar-refractivity contribution in [2.45, 2.75) is 25.3 Å². The number of methoxy groups -OCH3 is 1. The molecular weight excluding hydrogens is 314 g/mol. The summed E-state index contributed by atoms with van der Waals surface area (Å²) in [5, 5.41) is 0. The van der Waals surface area contributed by atoms with E-state index in [0.717, 1.165) is 5.56 Å². The van der Waals surface area contributed by atoms with Gasteiger partial charge in [-0.3, -0.25) is 4.72 Å². The number of ether oxygens (including phenoxy) is 2. The topological polar surface area (TPSA) is 64.6 Å². The summed E-state index contributed by atoms with van der Waals surface area (Å²) < 4.78 is 38.4. The fraction of sp³-hybridized carbons (Fsp3) is 0.294. The summed E-state index contributed by atoms with van der Waals surface area (Å²) in [6.45, 7) is 4.56. The lowest BCUT2D eigenvalue weighted by Crippen LogP contribution is -2.15. The van der Waals surface area contributed by atoms with Crippen molar-refractivity contribution in [1.29, 1.82) is 0 Å². The van der Waals surface area contributed by atoms with Gasteiger partial charge in [-0.1, -0.05) is 18.2 Å². The molecule has 2 aromatic rings. The quantitative estimate of drug-likeness (QED) is 0.843. The highest BCUT2D eigenvalue weighted by molar-refractivity contribution is 7.92. The Labute approximate surface area is 137 Å². The standard InChI is InChI=1S/C17H21NO4S/c1-4-22-12-14-7-5-6-8-16(14)18-23(19,20)17-10-9-15(21-3)11-13(17)2/h5-11,18H,4,12H2,1-3H3. The summed E-state index contributed by atoms with van der Waals surface area (Å²) in [5.41, 5.74) is 1.94. The fourth-order valence-corrected chi connectivity index (χ4v) is 3.54. The van der Waals surface area contributed by atoms with Gasteiger partial charge in [0.1, 0.15) is 5.75 Å². The first kappa shape index (κ1) is 17.3. The molecule has 0 radical (unpaired) electrons. The van der Waals surface area contributed by atoms with Gasteiger partial charge in [-0.15, -0.1) is 0 Å². The van der Waals surface area contributed by atoms with Crippen LogP contribution in [0.2, 0.25) is 0 Å². The molecule has 0 aromatic heterocycles. The van der Waals surface area contributed by atoms with Gasteiger partial charge in [0.15, 0.2) is 0 Å². The Morgan fingerprint density at radius 2 is 1.87 bits per heavy atom. The van der Waals surface area contributed by atoms with Crippen molar-refractivity contribution in [2.75, 3.05) is 18.4 Å². The van der Waals surface area contributed by atoms with Crippen molar-refractivity contribution >= 4 is 15.7 Å². The van der Waals surface area contributed by atoms with Crippen LogP contribution in [0.15, 0.2) is 47.4 Å². The maximum absolute atomic E-state index is 12.7. The molecule has 0 heterocycles. The van der Waals surface area contributed by atoms with Crippen LogP contribution in [0.5, 0.6) is 5.75 Å². The van der Waals surface area contributed by atoms with Crippen LogP contribution in [0.25, 0.3) is 0 Å². The van der Waals surface area contributed by atoms with Crippen LogP contribution in [-0.2, 0) is 21.4 Å². The van der Waals surface area contributed by atoms with Crippen molar-refractivity contribution in [3.05, 3.63) is 53.6 Å². The lowest BCUT2D eigenvalue weighted by atomic mass is 10.2. The van der Waals surface area contributed by atoms with E-state index in [0.29, 0.717) is 30.2 Å². The van der Waals surface area contributed by atoms with Crippen LogP contribution >= 0.6 is 0 Å². The molecule has 0 bridgehead atoms. The molecule has 1 N–H and O–H groups in total. The largest absolute Gasteiger partial charge is 0.497 e. The second kappa shape index (κ2) is 7.48. The summed E-state index contributed by atoms with van der Waals surface area (Å²) >= 11 is 0. The van der Waals surface area contributed by atoms with Gasteiger partial charge in [0.05, 0.1) is 24.3 Å². The van der Waals surface area contributed by atoms with Gasteiger partial charge in [0, 0.05) is 12.2 Å². The second-order valence-corrected chi connectivity index (χ2v) is 6.68. The van der Waals surface area contributed by atoms with E-state index in [1.165, 1.54) is 0 Å². The monoisotopic (exact) mass is 335 g/mol. The summed E-state index contributed by atoms with van der Waals surface area (Å²) in [6.07, 6.45) is 0. The van der Waals surface area contributed by atoms with Gasteiger partial charge in [-0.25, -0.2) is 8.42 Å². The molecule has 5 nitrogen and oxygen atoms in total. The number of sulfonamides is 1. The molecule has 0 atom stereocenters. The third-order valence-corrected chi connectivity index (χ3v) is 4.92. The molecule has 0 spiro atoms. The molecule has 0 aliphatic heterocycles. The highest BCUT2D eigenvalue weighted by atomic mass is 32.2. The highest BCUT2D eigenvalue weighted by Gasteiger charge is 2.18. The van der Waals surface area contributed by atoms with E-state index in [2.05, 4.69) is 4.72 Å². The lowest BCUT2D eigenvalue weighted by molar-refractivity contribution is 0.134. The van der Waals surface area contributed by atoms with E-state index in [-0.39, 0.29) is 4.90 Å². The van der Waals surface area contributed by atoms with Gasteiger partial charge >= 0.3 is 0 Å². The molecular formula is C17H21NO4S. The van der Waals surface area contributed by atoms with Crippen LogP contribution in [0.3, 0.4) is 0 Å². The van der Waals surface area contributed by atoms with E-state index in [4.69, 9.17) is 9.47 Å². The minimum absolute atomic E-state index is 0.226. The Morgan fingerprint density at radius 1 is 1.13 bits per heavy atom. The predicted octanol–water partition coefficient (Wildman–Crippen LogP) is 3.34. The highest BCUT2D eigenvalue weighted by Crippen LogP contribution is 2.25. The molecule has 0 aliphatic rings. The molecule has 2 rings (SSSR count). The maximum atomic E-state index is 12.7. The third-order valence-electron chi connectivity index (χ3n) is 3.39. The van der Waals surface area contributed by atoms with Gasteiger partial charge in [-0.2, -0.15) is 0 Å². The van der Waals surface area contributed by atoms with Crippen molar-refractivity contribution in [1.82, 2.24) is 0 Å². The van der Waals surface area contributed by atoms with Crippen molar-refractivity contribution in [3.8, 4) is 5.75 Å². The molecule has 6 heteroatoms. The van der Waals surface area contributed by atoms with Crippen molar-refractivity contribution in [3.63, 3.8) is 0 Å². The van der Waals surface area contributed by atoms with Crippen molar-refractivity contribution in [2.24, 2.45) is 0 Å². The summed E-state index contributed by atoms with van der Waals surface area (Å²) in [6, 6.07) is 12.1. The summed E-state index contributed by atoms with van der Waals surface area (Å²) in [4.78, 5) is 0.226. The smallest absolute Gasteiger partial charge is 0.262 e. The molecule has 0 amide bonds. The first-order valence-corrected chi connectivity index (χ1v) is 8.79. The Morgan fingerprint density at radius 3 is 2.52 bits per heavy atom. The van der Waals surface area contributed by atoms with Crippen molar-refractivity contribution < 1.29 is 17.9 Å². The maximum Gasteiger partial charge on any atom is 0.262 e. The zero-order chi connectivity index (χ0) is 16.9. The zero-order valence-electron chi connectivity index (χ0n) is 13.5. The van der Waals surface area contributed by atoms with Gasteiger partial charge in [-0.05, 0) is 43.7 Å². The van der Waals surface area contributed by atoms with Crippen LogP contribution in [0.4, 0.5) is 5.69 Å². The fourth-order valence-electron chi connectivity index (χ4n) is 2.21. The molecule has 0 aliphatic carbocycles. The molecule has 23 heavy (non-hydrogen) atoms. The average Bonchev–Trinajstić information content (AvgIpc) is 2.53. The number of hydrogen-bond acceptors (Lipinski definition) is 4. The van der Waals surface area contributed by atoms with Crippen LogP contribution in [0.1, 0.15) is 18.1 Å². The minimum atomic E-state index is -3.68. The van der Waals surface area contributed by atoms with Gasteiger partial charge in [0.25, 0.3) is 10.0 Å². The first-order valence-electron chi connectivity index (χ1n) is 7.31. The zero-order valence-corrected chi connectivity index (χ0v) is 14.3. The minimum Gasteiger partial charge on any atom is -0.497 e. The van der Waals surface area contributed by atoms with E-state index in [1.54, 1.807) is 44.4 Å². The molecule has 0 saturated heterocycles. The van der Waals surface area contributed by atoms with E-state index in [9.17, 15) is 8.42 Å². The predicted molar refractivity (Wildman–Crippen MR) is 90.3 cm³/mol. The van der Waals surface area contributed by atoms with E-state index < -0.39 is 10.0 Å². The molecule has 0 unspecified atom stereocenters. The molecule has 2 aromatic carbocycles. The SMILES string of the molecule is CCOCc1ccccc1NS(=O)(=O)c1ccc(OC)cc1C. The third kappa shape index (κ3) is 4.24. The number of para-hydroxylation sites is 1. The van der Waals surface area contributed by atoms with Crippen LogP contribution in [-0.4, -0.2) is 22.1 Å². The first-order chi connectivity index (χ1) is 11.0. The average molecular weight is 335 g/mol. The Kier molecular flexibility index (Phi) is 5.63. The number of benzene rings is 2. The summed E-state index contributed by atoms with van der Waals surface area (Å²) in [5.74, 6) is 0.623. The van der Waals surface area contributed by atoms with E-state index in [1.807, 2.05) is 19.1 Å². The molecule has 0 fully saturated rings. The Bertz CT molecular complexity index is 772. The Hall–Kier alpha value is -2.05. The van der Waals surface area contributed by atoms with Crippen LogP contribution in [0, 0.1) is 6.92 Å². The van der Waals surface area contributed by atoms with E-state index >= 15 is 0 Å². The normalized spacial score (nSPS) is 11.3. The number of nitrogens with one attached hydrogen (secondary N) is 1. The molecule has 124 valence electrons. The van der Waals surface area contributed by atoms with Gasteiger partial charge < -0.3 is 9.47 Å². The lowest BCUT2D eigenvalue weighted by Gasteiger charge is -2.14. The van der Waals surface area contributed by atoms with Crippen LogP contribution < -0.4 is 9.46 Å². The number of anilines is 1. The number of rotatable bonds is 7. The summed E-state index contributed by atoms with van der Waals surface area (Å²) in [7, 11) is -2.13. The number of hydrogen-bond donors (Lipinski definition) is 1. The Balaban J connectivity index is 2.32. The second-order valence-electron chi connectivity index (χ2n) is 5.03. The van der Waals surface area contributed by atoms with Gasteiger partial charge in [0.2, 0.25) is 0 Å². The molecule has 0 saturated carbocycles. The number of aryl methyl sites for hydroxylation is 1.